The molecular weight excluding hydrogens is 264 g/mol. The largest absolute Gasteiger partial charge is 0.454 e. The second kappa shape index (κ2) is 4.77. The summed E-state index contributed by atoms with van der Waals surface area (Å²) in [6.45, 7) is 0.920. The van der Waals surface area contributed by atoms with Gasteiger partial charge < -0.3 is 15.5 Å². The van der Waals surface area contributed by atoms with Gasteiger partial charge in [-0.3, -0.25) is 0 Å². The number of benzene rings is 1. The van der Waals surface area contributed by atoms with Crippen molar-refractivity contribution in [3.05, 3.63) is 35.9 Å². The zero-order valence-corrected chi connectivity index (χ0v) is 11.6. The van der Waals surface area contributed by atoms with Gasteiger partial charge in [0.05, 0.1) is 0 Å². The molecular formula is C16H16N4O. The van der Waals surface area contributed by atoms with Gasteiger partial charge in [-0.05, 0) is 31.4 Å². The van der Waals surface area contributed by atoms with E-state index in [4.69, 9.17) is 10.2 Å². The highest BCUT2D eigenvalue weighted by Gasteiger charge is 2.19. The zero-order valence-electron chi connectivity index (χ0n) is 11.6. The molecule has 0 bridgehead atoms. The van der Waals surface area contributed by atoms with Crippen LogP contribution < -0.4 is 11.1 Å². The van der Waals surface area contributed by atoms with Crippen LogP contribution in [0.4, 0.5) is 11.8 Å². The van der Waals surface area contributed by atoms with Crippen LogP contribution in [0, 0.1) is 0 Å². The summed E-state index contributed by atoms with van der Waals surface area (Å²) in [5, 5.41) is 4.41. The molecule has 2 aromatic heterocycles. The van der Waals surface area contributed by atoms with Crippen molar-refractivity contribution >= 4 is 22.7 Å². The highest BCUT2D eigenvalue weighted by Crippen LogP contribution is 2.33. The van der Waals surface area contributed by atoms with Crippen LogP contribution >= 0.6 is 0 Å². The summed E-state index contributed by atoms with van der Waals surface area (Å²) in [4.78, 5) is 8.75. The van der Waals surface area contributed by atoms with Gasteiger partial charge in [-0.1, -0.05) is 18.2 Å². The van der Waals surface area contributed by atoms with Crippen LogP contribution in [0.3, 0.4) is 0 Å². The number of nitrogen functional groups attached to an aromatic ring is 1. The smallest absolute Gasteiger partial charge is 0.222 e. The number of nitrogens with zero attached hydrogens (tertiary/aromatic N) is 2. The molecule has 0 saturated heterocycles. The Balaban J connectivity index is 1.92. The first-order valence-electron chi connectivity index (χ1n) is 7.20. The standard InChI is InChI=1S/C16H16N4O/c17-16-19-14(11-6-3-4-8-18-15(11)20-16)13-9-10-5-1-2-7-12(10)21-13/h1-2,5,7,9H,3-4,6,8H2,(H3,17,18,19,20). The number of furan rings is 1. The third-order valence-electron chi connectivity index (χ3n) is 3.83. The second-order valence-corrected chi connectivity index (χ2v) is 5.29. The van der Waals surface area contributed by atoms with E-state index in [1.807, 2.05) is 30.3 Å². The molecule has 5 heteroatoms. The van der Waals surface area contributed by atoms with Gasteiger partial charge in [0.15, 0.2) is 5.76 Å². The van der Waals surface area contributed by atoms with Gasteiger partial charge in [-0.2, -0.15) is 4.98 Å². The normalized spacial score (nSPS) is 14.5. The van der Waals surface area contributed by atoms with Crippen LogP contribution in [0.5, 0.6) is 0 Å². The fraction of sp³-hybridized carbons (Fsp3) is 0.250. The first kappa shape index (κ1) is 12.2. The summed E-state index contributed by atoms with van der Waals surface area (Å²) >= 11 is 0. The van der Waals surface area contributed by atoms with Crippen LogP contribution in [0.1, 0.15) is 18.4 Å². The minimum absolute atomic E-state index is 0.276. The van der Waals surface area contributed by atoms with Crippen molar-refractivity contribution in [2.75, 3.05) is 17.6 Å². The Morgan fingerprint density at radius 2 is 2.05 bits per heavy atom. The van der Waals surface area contributed by atoms with Crippen molar-refractivity contribution < 1.29 is 4.42 Å². The Morgan fingerprint density at radius 3 is 2.95 bits per heavy atom. The molecule has 1 aromatic carbocycles. The van der Waals surface area contributed by atoms with E-state index in [1.165, 1.54) is 0 Å². The quantitative estimate of drug-likeness (QED) is 0.715. The van der Waals surface area contributed by atoms with Crippen molar-refractivity contribution in [1.29, 1.82) is 0 Å². The van der Waals surface area contributed by atoms with Crippen molar-refractivity contribution in [2.24, 2.45) is 0 Å². The van der Waals surface area contributed by atoms with Crippen LogP contribution in [0.25, 0.3) is 22.4 Å². The maximum Gasteiger partial charge on any atom is 0.222 e. The Labute approximate surface area is 122 Å². The van der Waals surface area contributed by atoms with E-state index in [2.05, 4.69) is 15.3 Å². The molecule has 0 spiro atoms. The average Bonchev–Trinajstić information content (AvgIpc) is 2.78. The van der Waals surface area contributed by atoms with E-state index < -0.39 is 0 Å². The fourth-order valence-electron chi connectivity index (χ4n) is 2.82. The lowest BCUT2D eigenvalue weighted by atomic mass is 10.1. The van der Waals surface area contributed by atoms with Crippen molar-refractivity contribution in [3.8, 4) is 11.5 Å². The van der Waals surface area contributed by atoms with Crippen LogP contribution in [0.2, 0.25) is 0 Å². The summed E-state index contributed by atoms with van der Waals surface area (Å²) in [7, 11) is 0. The molecule has 3 heterocycles. The molecule has 0 fully saturated rings. The first-order valence-corrected chi connectivity index (χ1v) is 7.20. The van der Waals surface area contributed by atoms with Gasteiger partial charge >= 0.3 is 0 Å². The maximum atomic E-state index is 5.94. The monoisotopic (exact) mass is 280 g/mol. The predicted octanol–water partition coefficient (Wildman–Crippen LogP) is 3.22. The number of nitrogens with one attached hydrogen (secondary N) is 1. The number of aromatic nitrogens is 2. The Bertz CT molecular complexity index is 776. The number of para-hydroxylation sites is 1. The Kier molecular flexibility index (Phi) is 2.77. The molecule has 4 rings (SSSR count). The topological polar surface area (TPSA) is 77.0 Å². The lowest BCUT2D eigenvalue weighted by Gasteiger charge is -2.10. The van der Waals surface area contributed by atoms with E-state index in [-0.39, 0.29) is 5.95 Å². The average molecular weight is 280 g/mol. The van der Waals surface area contributed by atoms with Crippen LogP contribution in [-0.2, 0) is 6.42 Å². The molecule has 21 heavy (non-hydrogen) atoms. The number of hydrogen-bond acceptors (Lipinski definition) is 5. The lowest BCUT2D eigenvalue weighted by molar-refractivity contribution is 0.627. The van der Waals surface area contributed by atoms with E-state index in [1.54, 1.807) is 0 Å². The molecule has 5 nitrogen and oxygen atoms in total. The minimum Gasteiger partial charge on any atom is -0.454 e. The van der Waals surface area contributed by atoms with Gasteiger partial charge in [0.25, 0.3) is 0 Å². The van der Waals surface area contributed by atoms with Crippen LogP contribution in [-0.4, -0.2) is 16.5 Å². The van der Waals surface area contributed by atoms with Gasteiger partial charge in [-0.25, -0.2) is 4.98 Å². The molecule has 0 aliphatic carbocycles. The summed E-state index contributed by atoms with van der Waals surface area (Å²) in [6, 6.07) is 9.97. The van der Waals surface area contributed by atoms with E-state index in [0.717, 1.165) is 59.6 Å². The fourth-order valence-corrected chi connectivity index (χ4v) is 2.82. The number of fused-ring (bicyclic) bond motifs is 2. The molecule has 106 valence electrons. The highest BCUT2D eigenvalue weighted by molar-refractivity contribution is 5.83. The Hall–Kier alpha value is -2.56. The number of rotatable bonds is 1. The lowest BCUT2D eigenvalue weighted by Crippen LogP contribution is -2.07. The predicted molar refractivity (Wildman–Crippen MR) is 83.1 cm³/mol. The molecule has 0 saturated carbocycles. The highest BCUT2D eigenvalue weighted by atomic mass is 16.3. The molecule has 0 radical (unpaired) electrons. The molecule has 0 atom stereocenters. The number of hydrogen-bond donors (Lipinski definition) is 2. The Morgan fingerprint density at radius 1 is 1.14 bits per heavy atom. The van der Waals surface area contributed by atoms with Gasteiger partial charge in [0.1, 0.15) is 17.1 Å². The first-order chi connectivity index (χ1) is 10.3. The molecule has 3 aromatic rings. The van der Waals surface area contributed by atoms with Crippen LogP contribution in [0.15, 0.2) is 34.7 Å². The van der Waals surface area contributed by atoms with Gasteiger partial charge in [0, 0.05) is 17.5 Å². The third-order valence-corrected chi connectivity index (χ3v) is 3.83. The summed E-state index contributed by atoms with van der Waals surface area (Å²) in [5.41, 5.74) is 8.63. The summed E-state index contributed by atoms with van der Waals surface area (Å²) < 4.78 is 5.94. The summed E-state index contributed by atoms with van der Waals surface area (Å²) in [5.74, 6) is 1.87. The van der Waals surface area contributed by atoms with Gasteiger partial charge in [-0.15, -0.1) is 0 Å². The zero-order chi connectivity index (χ0) is 14.2. The number of anilines is 2. The minimum atomic E-state index is 0.276. The molecule has 1 aliphatic rings. The molecule has 3 N–H and O–H groups in total. The van der Waals surface area contributed by atoms with Crippen molar-refractivity contribution in [1.82, 2.24) is 9.97 Å². The molecule has 1 aliphatic heterocycles. The third kappa shape index (κ3) is 2.11. The van der Waals surface area contributed by atoms with Crippen molar-refractivity contribution in [3.63, 3.8) is 0 Å². The second-order valence-electron chi connectivity index (χ2n) is 5.29. The van der Waals surface area contributed by atoms with E-state index in [9.17, 15) is 0 Å². The summed E-state index contributed by atoms with van der Waals surface area (Å²) in [6.07, 6.45) is 3.17. The van der Waals surface area contributed by atoms with Gasteiger partial charge in [0.2, 0.25) is 5.95 Å². The SMILES string of the molecule is Nc1nc2c(c(-c3cc4ccccc4o3)n1)CCCCN2. The van der Waals surface area contributed by atoms with E-state index >= 15 is 0 Å². The number of nitrogens with two attached hydrogens (primary N) is 1. The molecule has 0 unspecified atom stereocenters. The van der Waals surface area contributed by atoms with E-state index in [0.29, 0.717) is 0 Å². The maximum absolute atomic E-state index is 5.94. The van der Waals surface area contributed by atoms with Crippen molar-refractivity contribution in [2.45, 2.75) is 19.3 Å². The molecule has 0 amide bonds.